The van der Waals surface area contributed by atoms with Crippen molar-refractivity contribution in [3.8, 4) is 0 Å². The number of carbonyl (C=O) groups is 3. The number of ether oxygens (including phenoxy) is 1. The van der Waals surface area contributed by atoms with Crippen LogP contribution < -0.4 is 5.32 Å². The van der Waals surface area contributed by atoms with Crippen LogP contribution in [-0.4, -0.2) is 30.3 Å². The summed E-state index contributed by atoms with van der Waals surface area (Å²) < 4.78 is 5.38. The normalized spacial score (nSPS) is 25.3. The average Bonchev–Trinajstić information content (AvgIpc) is 2.95. The van der Waals surface area contributed by atoms with Crippen molar-refractivity contribution in [1.29, 1.82) is 0 Å². The first-order chi connectivity index (χ1) is 19.4. The summed E-state index contributed by atoms with van der Waals surface area (Å²) in [5.74, 6) is 1.24. The second-order valence-electron chi connectivity index (χ2n) is 12.0. The molecule has 0 heterocycles. The molecule has 4 saturated carbocycles. The lowest BCUT2D eigenvalue weighted by atomic mass is 9.48. The van der Waals surface area contributed by atoms with Gasteiger partial charge in [-0.1, -0.05) is 54.1 Å². The van der Waals surface area contributed by atoms with E-state index in [1.165, 1.54) is 44.1 Å². The molecule has 40 heavy (non-hydrogen) atoms. The van der Waals surface area contributed by atoms with Gasteiger partial charge < -0.3 is 10.1 Å². The summed E-state index contributed by atoms with van der Waals surface area (Å²) in [5.41, 5.74) is 3.41. The number of hydrogen-bond acceptors (Lipinski definition) is 4. The number of carbonyl (C=O) groups excluding carboxylic acids is 3. The van der Waals surface area contributed by atoms with Gasteiger partial charge in [-0.2, -0.15) is 0 Å². The Labute approximate surface area is 240 Å². The number of esters is 1. The first-order valence-electron chi connectivity index (χ1n) is 14.3. The predicted molar refractivity (Wildman–Crippen MR) is 154 cm³/mol. The molecule has 7 rings (SSSR count). The van der Waals surface area contributed by atoms with Crippen LogP contribution in [-0.2, 0) is 21.4 Å². The molecule has 0 saturated heterocycles. The van der Waals surface area contributed by atoms with E-state index in [4.69, 9.17) is 16.3 Å². The summed E-state index contributed by atoms with van der Waals surface area (Å²) in [6.45, 7) is -0.415. The van der Waals surface area contributed by atoms with Crippen LogP contribution in [0.5, 0.6) is 0 Å². The van der Waals surface area contributed by atoms with Gasteiger partial charge in [0, 0.05) is 22.6 Å². The zero-order chi connectivity index (χ0) is 27.7. The molecule has 206 valence electrons. The van der Waals surface area contributed by atoms with Gasteiger partial charge in [0.05, 0.1) is 0 Å². The molecule has 4 fully saturated rings. The molecule has 6 heteroatoms. The van der Waals surface area contributed by atoms with Crippen LogP contribution in [0.15, 0.2) is 78.9 Å². The molecule has 4 aliphatic carbocycles. The van der Waals surface area contributed by atoms with Crippen molar-refractivity contribution in [3.63, 3.8) is 0 Å². The Bertz CT molecular complexity index is 1350. The number of Topliss-reactive ketones (excluding diaryl/α,β-unsaturated/α-hetero) is 1. The first kappa shape index (κ1) is 26.8. The summed E-state index contributed by atoms with van der Waals surface area (Å²) in [4.78, 5) is 38.9. The monoisotopic (exact) mass is 555 g/mol. The number of amides is 1. The van der Waals surface area contributed by atoms with Crippen molar-refractivity contribution in [3.05, 3.63) is 106 Å². The van der Waals surface area contributed by atoms with Crippen LogP contribution in [0.2, 0.25) is 5.02 Å². The number of halogens is 1. The average molecular weight is 556 g/mol. The smallest absolute Gasteiger partial charge is 0.329 e. The molecule has 0 radical (unpaired) electrons. The number of nitrogens with one attached hydrogen (secondary N) is 1. The van der Waals surface area contributed by atoms with Crippen LogP contribution in [0, 0.1) is 17.8 Å². The summed E-state index contributed by atoms with van der Waals surface area (Å²) in [6.07, 6.45) is 8.24. The molecule has 3 aromatic rings. The van der Waals surface area contributed by atoms with Crippen molar-refractivity contribution < 1.29 is 19.1 Å². The van der Waals surface area contributed by atoms with Crippen molar-refractivity contribution in [2.45, 2.75) is 56.4 Å². The third-order valence-corrected chi connectivity index (χ3v) is 9.43. The molecule has 4 bridgehead atoms. The molecule has 1 amide bonds. The number of rotatable bonds is 9. The van der Waals surface area contributed by atoms with Gasteiger partial charge in [-0.25, -0.2) is 4.79 Å². The van der Waals surface area contributed by atoms with E-state index in [9.17, 15) is 14.4 Å². The highest BCUT2D eigenvalue weighted by molar-refractivity contribution is 6.30. The van der Waals surface area contributed by atoms with Crippen molar-refractivity contribution >= 4 is 29.3 Å². The fourth-order valence-corrected chi connectivity index (χ4v) is 7.81. The number of hydrogen-bond donors (Lipinski definition) is 1. The second-order valence-corrected chi connectivity index (χ2v) is 12.5. The van der Waals surface area contributed by atoms with Crippen LogP contribution in [0.4, 0.5) is 0 Å². The molecular weight excluding hydrogens is 522 g/mol. The molecule has 0 unspecified atom stereocenters. The van der Waals surface area contributed by atoms with Gasteiger partial charge in [0.25, 0.3) is 5.91 Å². The maximum atomic E-state index is 13.3. The highest BCUT2D eigenvalue weighted by Gasteiger charge is 2.51. The maximum absolute atomic E-state index is 13.3. The topological polar surface area (TPSA) is 72.5 Å². The van der Waals surface area contributed by atoms with E-state index in [1.54, 1.807) is 24.3 Å². The lowest BCUT2D eigenvalue weighted by Gasteiger charge is -2.57. The third-order valence-electron chi connectivity index (χ3n) is 9.18. The Morgan fingerprint density at radius 3 is 1.98 bits per heavy atom. The maximum Gasteiger partial charge on any atom is 0.329 e. The fraction of sp³-hybridized carbons (Fsp3) is 0.382. The molecule has 5 nitrogen and oxygen atoms in total. The zero-order valence-corrected chi connectivity index (χ0v) is 23.2. The zero-order valence-electron chi connectivity index (χ0n) is 22.5. The molecule has 0 aromatic heterocycles. The molecule has 0 aliphatic heterocycles. The summed E-state index contributed by atoms with van der Waals surface area (Å²) in [5, 5.41) is 3.38. The van der Waals surface area contributed by atoms with Gasteiger partial charge >= 0.3 is 5.97 Å². The summed E-state index contributed by atoms with van der Waals surface area (Å²) >= 11 is 5.90. The first-order valence-corrected chi connectivity index (χ1v) is 14.7. The van der Waals surface area contributed by atoms with E-state index in [1.807, 2.05) is 42.5 Å². The molecule has 4 aliphatic rings. The lowest BCUT2D eigenvalue weighted by molar-refractivity contribution is -0.144. The Morgan fingerprint density at radius 1 is 0.800 bits per heavy atom. The van der Waals surface area contributed by atoms with Gasteiger partial charge in [-0.05, 0) is 109 Å². The molecule has 1 atom stereocenters. The molecular formula is C34H34ClNO4. The fourth-order valence-electron chi connectivity index (χ4n) is 7.68. The summed E-state index contributed by atoms with van der Waals surface area (Å²) in [7, 11) is 0. The SMILES string of the molecule is O=C(COC(=O)[C@@H](Cc1ccccc1)NC(=O)c1ccc(C23CC4CC(CC(C4)C2)C3)cc1)c1ccc(Cl)cc1. The number of ketones is 1. The van der Waals surface area contributed by atoms with Crippen LogP contribution in [0.25, 0.3) is 0 Å². The van der Waals surface area contributed by atoms with Gasteiger partial charge in [0.1, 0.15) is 6.04 Å². The van der Waals surface area contributed by atoms with Crippen molar-refractivity contribution in [1.82, 2.24) is 5.32 Å². The summed E-state index contributed by atoms with van der Waals surface area (Å²) in [6, 6.07) is 22.9. The van der Waals surface area contributed by atoms with E-state index >= 15 is 0 Å². The van der Waals surface area contributed by atoms with Gasteiger partial charge in [-0.3, -0.25) is 9.59 Å². The van der Waals surface area contributed by atoms with Gasteiger partial charge in [0.15, 0.2) is 12.4 Å². The van der Waals surface area contributed by atoms with Gasteiger partial charge in [0.2, 0.25) is 0 Å². The van der Waals surface area contributed by atoms with Crippen LogP contribution >= 0.6 is 11.6 Å². The van der Waals surface area contributed by atoms with Crippen molar-refractivity contribution in [2.75, 3.05) is 6.61 Å². The van der Waals surface area contributed by atoms with E-state index < -0.39 is 18.6 Å². The minimum Gasteiger partial charge on any atom is -0.456 e. The number of benzene rings is 3. The van der Waals surface area contributed by atoms with Crippen molar-refractivity contribution in [2.24, 2.45) is 17.8 Å². The minimum atomic E-state index is -0.934. The van der Waals surface area contributed by atoms with E-state index in [0.29, 0.717) is 16.1 Å². The lowest BCUT2D eigenvalue weighted by Crippen LogP contribution is -2.48. The molecule has 1 N–H and O–H groups in total. The molecule has 3 aromatic carbocycles. The Hall–Kier alpha value is -3.44. The third kappa shape index (κ3) is 5.71. The highest BCUT2D eigenvalue weighted by Crippen LogP contribution is 2.60. The standard InChI is InChI=1S/C34H34ClNO4/c35-29-12-8-26(9-13-29)31(37)21-40-33(39)30(17-22-4-2-1-3-5-22)36-32(38)27-6-10-28(11-7-27)34-18-23-14-24(19-34)16-25(15-23)20-34/h1-13,23-25,30H,14-21H2,(H,36,38)/t23?,24?,25?,30-,34?/m1/s1. The quantitative estimate of drug-likeness (QED) is 0.239. The largest absolute Gasteiger partial charge is 0.456 e. The highest BCUT2D eigenvalue weighted by atomic mass is 35.5. The minimum absolute atomic E-state index is 0.256. The predicted octanol–water partition coefficient (Wildman–Crippen LogP) is 6.58. The molecule has 0 spiro atoms. The second kappa shape index (κ2) is 11.2. The van der Waals surface area contributed by atoms with Gasteiger partial charge in [-0.15, -0.1) is 0 Å². The Kier molecular flexibility index (Phi) is 7.50. The van der Waals surface area contributed by atoms with Crippen LogP contribution in [0.1, 0.15) is 70.4 Å². The van der Waals surface area contributed by atoms with E-state index in [2.05, 4.69) is 17.4 Å². The Morgan fingerprint density at radius 2 is 1.38 bits per heavy atom. The van der Waals surface area contributed by atoms with E-state index in [0.717, 1.165) is 23.3 Å². The van der Waals surface area contributed by atoms with Crippen LogP contribution in [0.3, 0.4) is 0 Å². The van der Waals surface area contributed by atoms with E-state index in [-0.39, 0.29) is 23.5 Å². The Balaban J connectivity index is 1.13.